The lowest BCUT2D eigenvalue weighted by Crippen LogP contribution is -2.14. The Hall–Kier alpha value is -1.66. The topological polar surface area (TPSA) is 134 Å². The molecule has 0 aliphatic heterocycles. The van der Waals surface area contributed by atoms with Crippen LogP contribution in [0.2, 0.25) is 0 Å². The third kappa shape index (κ3) is 5.68. The SMILES string of the molecule is O=P(O)(O)c1ccccc1OCCCOc1ccccc1P(=O)(O)O. The van der Waals surface area contributed by atoms with E-state index in [-0.39, 0.29) is 35.3 Å². The van der Waals surface area contributed by atoms with Crippen molar-refractivity contribution in [3.63, 3.8) is 0 Å². The summed E-state index contributed by atoms with van der Waals surface area (Å²) in [7, 11) is -8.85. The molecule has 0 aliphatic carbocycles. The van der Waals surface area contributed by atoms with Gasteiger partial charge in [0.25, 0.3) is 0 Å². The molecule has 0 saturated heterocycles. The van der Waals surface area contributed by atoms with Gasteiger partial charge < -0.3 is 29.0 Å². The van der Waals surface area contributed by atoms with E-state index in [0.29, 0.717) is 6.42 Å². The Bertz CT molecular complexity index is 743. The summed E-state index contributed by atoms with van der Waals surface area (Å²) >= 11 is 0. The third-order valence-electron chi connectivity index (χ3n) is 3.16. The van der Waals surface area contributed by atoms with E-state index in [9.17, 15) is 28.7 Å². The van der Waals surface area contributed by atoms with Crippen LogP contribution in [-0.4, -0.2) is 32.8 Å². The molecule has 0 atom stereocenters. The second-order valence-corrected chi connectivity index (χ2v) is 8.21. The Morgan fingerprint density at radius 3 is 1.40 bits per heavy atom. The Kier molecular flexibility index (Phi) is 6.41. The molecule has 2 rings (SSSR count). The smallest absolute Gasteiger partial charge is 0.359 e. The van der Waals surface area contributed by atoms with E-state index in [1.165, 1.54) is 36.4 Å². The van der Waals surface area contributed by atoms with Crippen LogP contribution in [0.3, 0.4) is 0 Å². The number of para-hydroxylation sites is 2. The van der Waals surface area contributed by atoms with E-state index in [0.717, 1.165) is 0 Å². The zero-order valence-electron chi connectivity index (χ0n) is 13.1. The Morgan fingerprint density at radius 1 is 0.680 bits per heavy atom. The summed E-state index contributed by atoms with van der Waals surface area (Å²) in [6.07, 6.45) is 0.352. The van der Waals surface area contributed by atoms with Crippen LogP contribution in [0.15, 0.2) is 48.5 Å². The van der Waals surface area contributed by atoms with Crippen LogP contribution in [-0.2, 0) is 9.13 Å². The molecule has 136 valence electrons. The quantitative estimate of drug-likeness (QED) is 0.391. The van der Waals surface area contributed by atoms with E-state index in [1.54, 1.807) is 12.1 Å². The van der Waals surface area contributed by atoms with Gasteiger partial charge >= 0.3 is 15.2 Å². The molecule has 0 saturated carbocycles. The first kappa shape index (κ1) is 19.7. The minimum Gasteiger partial charge on any atom is -0.492 e. The van der Waals surface area contributed by atoms with Crippen molar-refractivity contribution in [1.82, 2.24) is 0 Å². The van der Waals surface area contributed by atoms with Gasteiger partial charge in [-0.05, 0) is 24.3 Å². The average Bonchev–Trinajstić information content (AvgIpc) is 2.53. The number of benzene rings is 2. The second kappa shape index (κ2) is 8.15. The highest BCUT2D eigenvalue weighted by molar-refractivity contribution is 7.60. The first-order valence-corrected chi connectivity index (χ1v) is 10.5. The molecule has 0 radical (unpaired) electrons. The largest absolute Gasteiger partial charge is 0.492 e. The van der Waals surface area contributed by atoms with Gasteiger partial charge in [0.15, 0.2) is 0 Å². The third-order valence-corrected chi connectivity index (χ3v) is 5.16. The van der Waals surface area contributed by atoms with E-state index >= 15 is 0 Å². The molecule has 0 spiro atoms. The average molecular weight is 388 g/mol. The summed E-state index contributed by atoms with van der Waals surface area (Å²) in [6.45, 7) is 0.240. The van der Waals surface area contributed by atoms with Crippen molar-refractivity contribution in [3.8, 4) is 11.5 Å². The van der Waals surface area contributed by atoms with E-state index in [1.807, 2.05) is 0 Å². The highest BCUT2D eigenvalue weighted by Gasteiger charge is 2.23. The number of hydrogen-bond acceptors (Lipinski definition) is 4. The van der Waals surface area contributed by atoms with Crippen LogP contribution in [0.25, 0.3) is 0 Å². The van der Waals surface area contributed by atoms with Crippen LogP contribution < -0.4 is 20.1 Å². The van der Waals surface area contributed by atoms with Gasteiger partial charge in [-0.2, -0.15) is 0 Å². The molecule has 4 N–H and O–H groups in total. The fourth-order valence-corrected chi connectivity index (χ4v) is 3.48. The summed E-state index contributed by atoms with van der Waals surface area (Å²) < 4.78 is 33.5. The molecule has 0 amide bonds. The normalized spacial score (nSPS) is 12.0. The van der Waals surface area contributed by atoms with Crippen LogP contribution in [0.4, 0.5) is 0 Å². The Morgan fingerprint density at radius 2 is 1.04 bits per heavy atom. The summed E-state index contributed by atoms with van der Waals surface area (Å²) in [5.74, 6) is 0.179. The fraction of sp³-hybridized carbons (Fsp3) is 0.200. The van der Waals surface area contributed by atoms with Crippen molar-refractivity contribution in [2.45, 2.75) is 6.42 Å². The van der Waals surface area contributed by atoms with Gasteiger partial charge in [-0.15, -0.1) is 0 Å². The van der Waals surface area contributed by atoms with Crippen LogP contribution >= 0.6 is 15.2 Å². The molecular weight excluding hydrogens is 370 g/mol. The van der Waals surface area contributed by atoms with Gasteiger partial charge in [-0.3, -0.25) is 9.13 Å². The number of hydrogen-bond donors (Lipinski definition) is 4. The first-order chi connectivity index (χ1) is 11.7. The second-order valence-electron chi connectivity index (χ2n) is 5.07. The molecule has 2 aromatic rings. The first-order valence-electron chi connectivity index (χ1n) is 7.25. The predicted octanol–water partition coefficient (Wildman–Crippen LogP) is 1.14. The molecule has 10 heteroatoms. The lowest BCUT2D eigenvalue weighted by atomic mass is 10.3. The van der Waals surface area contributed by atoms with Crippen molar-refractivity contribution in [2.75, 3.05) is 13.2 Å². The monoisotopic (exact) mass is 388 g/mol. The summed E-state index contributed by atoms with van der Waals surface area (Å²) in [6, 6.07) is 11.7. The lowest BCUT2D eigenvalue weighted by molar-refractivity contribution is 0.248. The maximum Gasteiger partial charge on any atom is 0.359 e. The lowest BCUT2D eigenvalue weighted by Gasteiger charge is -2.14. The highest BCUT2D eigenvalue weighted by atomic mass is 31.2. The summed E-state index contributed by atoms with van der Waals surface area (Å²) in [5.41, 5.74) is 0. The standard InChI is InChI=1S/C15H18O8P2/c16-24(17,18)14-8-3-1-6-12(14)22-10-5-11-23-13-7-2-4-9-15(13)25(19,20)21/h1-4,6-9H,5,10-11H2,(H2,16,17,18)(H2,19,20,21). The number of rotatable bonds is 8. The van der Waals surface area contributed by atoms with Crippen molar-refractivity contribution in [3.05, 3.63) is 48.5 Å². The Labute approximate surface area is 144 Å². The fourth-order valence-electron chi connectivity index (χ4n) is 2.06. The van der Waals surface area contributed by atoms with Gasteiger partial charge in [-0.25, -0.2) is 0 Å². The molecule has 0 heterocycles. The minimum atomic E-state index is -4.43. The maximum absolute atomic E-state index is 11.4. The zero-order valence-corrected chi connectivity index (χ0v) is 14.8. The van der Waals surface area contributed by atoms with Gasteiger partial charge in [0.2, 0.25) is 0 Å². The van der Waals surface area contributed by atoms with Gasteiger partial charge in [0.05, 0.1) is 13.2 Å². The van der Waals surface area contributed by atoms with Crippen molar-refractivity contribution in [2.24, 2.45) is 0 Å². The highest BCUT2D eigenvalue weighted by Crippen LogP contribution is 2.38. The predicted molar refractivity (Wildman–Crippen MR) is 91.8 cm³/mol. The summed E-state index contributed by atoms with van der Waals surface area (Å²) in [5, 5.41) is -0.384. The van der Waals surface area contributed by atoms with Crippen LogP contribution in [0.1, 0.15) is 6.42 Å². The zero-order chi connectivity index (χ0) is 18.5. The molecule has 2 aromatic carbocycles. The van der Waals surface area contributed by atoms with Crippen molar-refractivity contribution < 1.29 is 38.2 Å². The molecule has 0 aliphatic rings. The minimum absolute atomic E-state index is 0.0893. The van der Waals surface area contributed by atoms with Gasteiger partial charge in [-0.1, -0.05) is 24.3 Å². The van der Waals surface area contributed by atoms with Crippen LogP contribution in [0.5, 0.6) is 11.5 Å². The molecule has 8 nitrogen and oxygen atoms in total. The molecular formula is C15H18O8P2. The van der Waals surface area contributed by atoms with Crippen molar-refractivity contribution in [1.29, 1.82) is 0 Å². The Balaban J connectivity index is 1.90. The van der Waals surface area contributed by atoms with Crippen LogP contribution in [0, 0.1) is 0 Å². The van der Waals surface area contributed by atoms with E-state index in [4.69, 9.17) is 9.47 Å². The molecule has 25 heavy (non-hydrogen) atoms. The molecule has 0 bridgehead atoms. The molecule has 0 fully saturated rings. The van der Waals surface area contributed by atoms with Gasteiger partial charge in [0.1, 0.15) is 22.1 Å². The summed E-state index contributed by atoms with van der Waals surface area (Å²) in [4.78, 5) is 37.0. The molecule has 0 aromatic heterocycles. The van der Waals surface area contributed by atoms with E-state index < -0.39 is 15.2 Å². The van der Waals surface area contributed by atoms with E-state index in [2.05, 4.69) is 0 Å². The van der Waals surface area contributed by atoms with Gasteiger partial charge in [0, 0.05) is 6.42 Å². The maximum atomic E-state index is 11.4. The van der Waals surface area contributed by atoms with Crippen molar-refractivity contribution >= 4 is 25.8 Å². The number of ether oxygens (including phenoxy) is 2. The molecule has 0 unspecified atom stereocenters.